The lowest BCUT2D eigenvalue weighted by Gasteiger charge is -2.04. The van der Waals surface area contributed by atoms with Crippen molar-refractivity contribution in [1.29, 1.82) is 5.26 Å². The van der Waals surface area contributed by atoms with E-state index in [1.807, 2.05) is 25.4 Å². The topological polar surface area (TPSA) is 53.6 Å². The molecule has 0 aliphatic heterocycles. The van der Waals surface area contributed by atoms with E-state index in [9.17, 15) is 4.39 Å². The third kappa shape index (κ3) is 2.61. The summed E-state index contributed by atoms with van der Waals surface area (Å²) in [6.45, 7) is 0.506. The Hall–Kier alpha value is -2.35. The van der Waals surface area contributed by atoms with Gasteiger partial charge in [0.05, 0.1) is 5.56 Å². The predicted octanol–water partition coefficient (Wildman–Crippen LogP) is 2.04. The predicted molar refractivity (Wildman–Crippen MR) is 61.6 cm³/mol. The van der Waals surface area contributed by atoms with Gasteiger partial charge in [0, 0.05) is 25.9 Å². The molecule has 86 valence electrons. The highest BCUT2D eigenvalue weighted by Crippen LogP contribution is 2.11. The molecule has 5 heteroatoms. The van der Waals surface area contributed by atoms with Crippen molar-refractivity contribution < 1.29 is 4.39 Å². The maximum atomic E-state index is 13.1. The molecule has 0 aliphatic rings. The lowest BCUT2D eigenvalue weighted by molar-refractivity contribution is 0.623. The van der Waals surface area contributed by atoms with Gasteiger partial charge < -0.3 is 5.32 Å². The van der Waals surface area contributed by atoms with Crippen molar-refractivity contribution in [3.8, 4) is 6.07 Å². The molecule has 1 heterocycles. The van der Waals surface area contributed by atoms with Crippen LogP contribution in [0.3, 0.4) is 0 Å². The van der Waals surface area contributed by atoms with Crippen LogP contribution in [0.1, 0.15) is 11.1 Å². The second-order valence-electron chi connectivity index (χ2n) is 3.65. The van der Waals surface area contributed by atoms with Crippen LogP contribution >= 0.6 is 0 Å². The van der Waals surface area contributed by atoms with E-state index >= 15 is 0 Å². The molecule has 0 aliphatic carbocycles. The molecule has 1 N–H and O–H groups in total. The van der Waals surface area contributed by atoms with E-state index in [-0.39, 0.29) is 5.56 Å². The van der Waals surface area contributed by atoms with Gasteiger partial charge in [-0.1, -0.05) is 6.07 Å². The summed E-state index contributed by atoms with van der Waals surface area (Å²) in [5.41, 5.74) is 0.902. The first-order chi connectivity index (χ1) is 8.19. The highest BCUT2D eigenvalue weighted by atomic mass is 19.1. The van der Waals surface area contributed by atoms with Crippen molar-refractivity contribution in [3.63, 3.8) is 0 Å². The Bertz CT molecular complexity index is 568. The number of nitrogens with one attached hydrogen (secondary N) is 1. The molecule has 0 atom stereocenters. The molecule has 4 nitrogen and oxygen atoms in total. The summed E-state index contributed by atoms with van der Waals surface area (Å²) in [5.74, 6) is 0.254. The van der Waals surface area contributed by atoms with Crippen LogP contribution in [0.4, 0.5) is 10.2 Å². The van der Waals surface area contributed by atoms with E-state index in [1.54, 1.807) is 10.7 Å². The van der Waals surface area contributed by atoms with Crippen LogP contribution in [0.25, 0.3) is 0 Å². The number of aromatic nitrogens is 2. The largest absolute Gasteiger partial charge is 0.365 e. The van der Waals surface area contributed by atoms with Gasteiger partial charge in [0.2, 0.25) is 0 Å². The maximum Gasteiger partial charge on any atom is 0.148 e. The van der Waals surface area contributed by atoms with Crippen LogP contribution in [0, 0.1) is 17.1 Å². The quantitative estimate of drug-likeness (QED) is 0.877. The molecule has 0 saturated carbocycles. The molecule has 0 amide bonds. The molecule has 0 radical (unpaired) electrons. The van der Waals surface area contributed by atoms with Gasteiger partial charge in [0.15, 0.2) is 0 Å². The first kappa shape index (κ1) is 11.1. The Balaban J connectivity index is 2.07. The van der Waals surface area contributed by atoms with Gasteiger partial charge in [0.25, 0.3) is 0 Å². The standard InChI is InChI=1S/C12H11FN4/c1-17-5-4-12(16-17)15-8-9-2-3-11(13)10(6-9)7-14/h2-6H,8H2,1H3,(H,15,16). The average Bonchev–Trinajstić information content (AvgIpc) is 2.74. The third-order valence-corrected chi connectivity index (χ3v) is 2.34. The lowest BCUT2D eigenvalue weighted by atomic mass is 10.1. The molecule has 2 rings (SSSR count). The second kappa shape index (κ2) is 4.66. The molecule has 0 spiro atoms. The van der Waals surface area contributed by atoms with Gasteiger partial charge in [-0.25, -0.2) is 4.39 Å². The molecule has 17 heavy (non-hydrogen) atoms. The van der Waals surface area contributed by atoms with Gasteiger partial charge in [-0.2, -0.15) is 10.4 Å². The first-order valence-electron chi connectivity index (χ1n) is 5.11. The van der Waals surface area contributed by atoms with Crippen molar-refractivity contribution in [1.82, 2.24) is 9.78 Å². The normalized spacial score (nSPS) is 9.94. The highest BCUT2D eigenvalue weighted by molar-refractivity contribution is 5.38. The highest BCUT2D eigenvalue weighted by Gasteiger charge is 2.03. The molecule has 0 fully saturated rings. The minimum atomic E-state index is -0.492. The zero-order valence-electron chi connectivity index (χ0n) is 9.31. The molecular formula is C12H11FN4. The summed E-state index contributed by atoms with van der Waals surface area (Å²) in [7, 11) is 1.83. The molecule has 0 bridgehead atoms. The second-order valence-corrected chi connectivity index (χ2v) is 3.65. The van der Waals surface area contributed by atoms with Crippen molar-refractivity contribution >= 4 is 5.82 Å². The fraction of sp³-hybridized carbons (Fsp3) is 0.167. The van der Waals surface area contributed by atoms with Crippen molar-refractivity contribution in [2.45, 2.75) is 6.54 Å². The number of hydrogen-bond donors (Lipinski definition) is 1. The van der Waals surface area contributed by atoms with Crippen LogP contribution in [0.15, 0.2) is 30.5 Å². The first-order valence-corrected chi connectivity index (χ1v) is 5.11. The van der Waals surface area contributed by atoms with Crippen molar-refractivity contribution in [2.24, 2.45) is 7.05 Å². The van der Waals surface area contributed by atoms with E-state index < -0.39 is 5.82 Å². The molecule has 1 aromatic carbocycles. The minimum Gasteiger partial charge on any atom is -0.365 e. The summed E-state index contributed by atoms with van der Waals surface area (Å²) in [6, 6.07) is 8.13. The summed E-state index contributed by atoms with van der Waals surface area (Å²) in [6.07, 6.45) is 1.83. The zero-order chi connectivity index (χ0) is 12.3. The number of nitrogens with zero attached hydrogens (tertiary/aromatic N) is 3. The van der Waals surface area contributed by atoms with Crippen LogP contribution in [0.5, 0.6) is 0 Å². The fourth-order valence-corrected chi connectivity index (χ4v) is 1.47. The van der Waals surface area contributed by atoms with Gasteiger partial charge >= 0.3 is 0 Å². The number of hydrogen-bond acceptors (Lipinski definition) is 3. The average molecular weight is 230 g/mol. The van der Waals surface area contributed by atoms with Gasteiger partial charge in [-0.05, 0) is 17.7 Å². The summed E-state index contributed by atoms with van der Waals surface area (Å²) in [4.78, 5) is 0. The Kier molecular flexibility index (Phi) is 3.06. The number of rotatable bonds is 3. The lowest BCUT2D eigenvalue weighted by Crippen LogP contribution is -2.01. The Morgan fingerprint density at radius 2 is 2.29 bits per heavy atom. The van der Waals surface area contributed by atoms with Crippen molar-refractivity contribution in [2.75, 3.05) is 5.32 Å². The van der Waals surface area contributed by atoms with Crippen LogP contribution in [-0.4, -0.2) is 9.78 Å². The maximum absolute atomic E-state index is 13.1. The van der Waals surface area contributed by atoms with E-state index in [1.165, 1.54) is 12.1 Å². The third-order valence-electron chi connectivity index (χ3n) is 2.34. The zero-order valence-corrected chi connectivity index (χ0v) is 9.31. The van der Waals surface area contributed by atoms with Crippen LogP contribution in [0.2, 0.25) is 0 Å². The minimum absolute atomic E-state index is 0.0605. The molecular weight excluding hydrogens is 219 g/mol. The van der Waals surface area contributed by atoms with E-state index in [2.05, 4.69) is 10.4 Å². The Labute approximate surface area is 98.3 Å². The Morgan fingerprint density at radius 3 is 2.94 bits per heavy atom. The monoisotopic (exact) mass is 230 g/mol. The Morgan fingerprint density at radius 1 is 1.47 bits per heavy atom. The SMILES string of the molecule is Cn1ccc(NCc2ccc(F)c(C#N)c2)n1. The van der Waals surface area contributed by atoms with Crippen molar-refractivity contribution in [3.05, 3.63) is 47.4 Å². The fourth-order valence-electron chi connectivity index (χ4n) is 1.47. The number of nitriles is 1. The molecule has 2 aromatic rings. The molecule has 0 saturated heterocycles. The summed E-state index contributed by atoms with van der Waals surface area (Å²) < 4.78 is 14.8. The number of anilines is 1. The van der Waals surface area contributed by atoms with E-state index in [0.29, 0.717) is 6.54 Å². The molecule has 0 unspecified atom stereocenters. The number of halogens is 1. The van der Waals surface area contributed by atoms with Gasteiger partial charge in [-0.15, -0.1) is 0 Å². The van der Waals surface area contributed by atoms with Gasteiger partial charge in [-0.3, -0.25) is 4.68 Å². The van der Waals surface area contributed by atoms with E-state index in [0.717, 1.165) is 11.4 Å². The number of benzene rings is 1. The summed E-state index contributed by atoms with van der Waals surface area (Å²) >= 11 is 0. The molecule has 1 aromatic heterocycles. The number of aryl methyl sites for hydroxylation is 1. The van der Waals surface area contributed by atoms with Crippen LogP contribution < -0.4 is 5.32 Å². The smallest absolute Gasteiger partial charge is 0.148 e. The van der Waals surface area contributed by atoms with Crippen LogP contribution in [-0.2, 0) is 13.6 Å². The van der Waals surface area contributed by atoms with Gasteiger partial charge in [0.1, 0.15) is 17.7 Å². The summed E-state index contributed by atoms with van der Waals surface area (Å²) in [5, 5.41) is 15.9. The van der Waals surface area contributed by atoms with E-state index in [4.69, 9.17) is 5.26 Å².